The van der Waals surface area contributed by atoms with Gasteiger partial charge in [-0.05, 0) is 19.4 Å². The summed E-state index contributed by atoms with van der Waals surface area (Å²) in [7, 11) is 0. The number of carbonyl (C=O) groups is 1. The molecule has 0 aliphatic rings. The van der Waals surface area contributed by atoms with E-state index in [1.807, 2.05) is 6.92 Å². The molecule has 1 rings (SSSR count). The Morgan fingerprint density at radius 1 is 1.57 bits per heavy atom. The standard InChI is InChI=1S/C8H14N4OS/c1-2-7-11-12-8(14-7)10-6(13)4-3-5-9/h2-5,9H2,1H3,(H,10,12,13). The second-order valence-electron chi connectivity index (χ2n) is 2.79. The van der Waals surface area contributed by atoms with Gasteiger partial charge < -0.3 is 11.1 Å². The first kappa shape index (κ1) is 11.1. The summed E-state index contributed by atoms with van der Waals surface area (Å²) < 4.78 is 0. The minimum atomic E-state index is -0.0470. The Bertz CT molecular complexity index is 299. The quantitative estimate of drug-likeness (QED) is 0.759. The predicted octanol–water partition coefficient (Wildman–Crippen LogP) is 0.778. The largest absolute Gasteiger partial charge is 0.330 e. The molecular formula is C8H14N4OS. The number of anilines is 1. The van der Waals surface area contributed by atoms with E-state index in [1.54, 1.807) is 0 Å². The van der Waals surface area contributed by atoms with Gasteiger partial charge in [-0.3, -0.25) is 4.79 Å². The van der Waals surface area contributed by atoms with Gasteiger partial charge in [-0.1, -0.05) is 18.3 Å². The van der Waals surface area contributed by atoms with Crippen molar-refractivity contribution < 1.29 is 4.79 Å². The maximum atomic E-state index is 11.2. The summed E-state index contributed by atoms with van der Waals surface area (Å²) in [5, 5.41) is 11.9. The highest BCUT2D eigenvalue weighted by atomic mass is 32.1. The minimum absolute atomic E-state index is 0.0470. The number of rotatable bonds is 5. The van der Waals surface area contributed by atoms with Gasteiger partial charge in [-0.15, -0.1) is 10.2 Å². The summed E-state index contributed by atoms with van der Waals surface area (Å²) in [6.07, 6.45) is 1.99. The summed E-state index contributed by atoms with van der Waals surface area (Å²) >= 11 is 1.41. The molecule has 0 aliphatic heterocycles. The van der Waals surface area contributed by atoms with Gasteiger partial charge in [0.2, 0.25) is 11.0 Å². The summed E-state index contributed by atoms with van der Waals surface area (Å²) in [6, 6.07) is 0. The number of nitrogens with one attached hydrogen (secondary N) is 1. The zero-order valence-electron chi connectivity index (χ0n) is 8.12. The molecule has 5 nitrogen and oxygen atoms in total. The average Bonchev–Trinajstić information content (AvgIpc) is 2.62. The van der Waals surface area contributed by atoms with E-state index in [9.17, 15) is 4.79 Å². The Morgan fingerprint density at radius 2 is 2.36 bits per heavy atom. The van der Waals surface area contributed by atoms with Crippen molar-refractivity contribution in [3.63, 3.8) is 0 Å². The number of amides is 1. The lowest BCUT2D eigenvalue weighted by atomic mass is 10.3. The number of hydrogen-bond acceptors (Lipinski definition) is 5. The van der Waals surface area contributed by atoms with Crippen molar-refractivity contribution in [1.82, 2.24) is 10.2 Å². The van der Waals surface area contributed by atoms with Gasteiger partial charge in [0.05, 0.1) is 0 Å². The maximum absolute atomic E-state index is 11.2. The zero-order valence-corrected chi connectivity index (χ0v) is 8.93. The molecule has 0 fully saturated rings. The molecule has 0 aromatic carbocycles. The fourth-order valence-electron chi connectivity index (χ4n) is 0.891. The molecule has 0 atom stereocenters. The lowest BCUT2D eigenvalue weighted by Crippen LogP contribution is -2.13. The Kier molecular flexibility index (Phi) is 4.48. The zero-order chi connectivity index (χ0) is 10.4. The Hall–Kier alpha value is -1.01. The van der Waals surface area contributed by atoms with Crippen molar-refractivity contribution >= 4 is 22.4 Å². The molecular weight excluding hydrogens is 200 g/mol. The van der Waals surface area contributed by atoms with Gasteiger partial charge in [-0.2, -0.15) is 0 Å². The molecule has 3 N–H and O–H groups in total. The van der Waals surface area contributed by atoms with Gasteiger partial charge in [0.15, 0.2) is 0 Å². The second-order valence-corrected chi connectivity index (χ2v) is 3.86. The molecule has 0 bridgehead atoms. The van der Waals surface area contributed by atoms with Crippen LogP contribution >= 0.6 is 11.3 Å². The van der Waals surface area contributed by atoms with Crippen LogP contribution in [0.5, 0.6) is 0 Å². The molecule has 0 unspecified atom stereocenters. The molecule has 14 heavy (non-hydrogen) atoms. The molecule has 0 saturated heterocycles. The number of nitrogens with two attached hydrogens (primary N) is 1. The topological polar surface area (TPSA) is 80.9 Å². The molecule has 0 spiro atoms. The highest BCUT2D eigenvalue weighted by molar-refractivity contribution is 7.15. The third-order valence-corrected chi connectivity index (χ3v) is 2.61. The Morgan fingerprint density at radius 3 is 2.93 bits per heavy atom. The monoisotopic (exact) mass is 214 g/mol. The number of aryl methyl sites for hydroxylation is 1. The average molecular weight is 214 g/mol. The van der Waals surface area contributed by atoms with Crippen LogP contribution in [0.2, 0.25) is 0 Å². The van der Waals surface area contributed by atoms with E-state index in [-0.39, 0.29) is 5.91 Å². The fourth-order valence-corrected chi connectivity index (χ4v) is 1.59. The number of carbonyl (C=O) groups excluding carboxylic acids is 1. The van der Waals surface area contributed by atoms with E-state index in [1.165, 1.54) is 11.3 Å². The minimum Gasteiger partial charge on any atom is -0.330 e. The van der Waals surface area contributed by atoms with Gasteiger partial charge in [0, 0.05) is 6.42 Å². The molecule has 0 aliphatic carbocycles. The molecule has 1 aromatic rings. The molecule has 0 saturated carbocycles. The van der Waals surface area contributed by atoms with E-state index in [0.717, 1.165) is 11.4 Å². The molecule has 1 heterocycles. The Balaban J connectivity index is 2.39. The first-order chi connectivity index (χ1) is 6.76. The van der Waals surface area contributed by atoms with Crippen LogP contribution in [0.25, 0.3) is 0 Å². The molecule has 6 heteroatoms. The summed E-state index contributed by atoms with van der Waals surface area (Å²) in [4.78, 5) is 11.2. The van der Waals surface area contributed by atoms with Crippen molar-refractivity contribution in [3.05, 3.63) is 5.01 Å². The number of nitrogens with zero attached hydrogens (tertiary/aromatic N) is 2. The summed E-state index contributed by atoms with van der Waals surface area (Å²) in [5.41, 5.74) is 5.29. The van der Waals surface area contributed by atoms with Crippen molar-refractivity contribution in [2.45, 2.75) is 26.2 Å². The van der Waals surface area contributed by atoms with Gasteiger partial charge in [0.1, 0.15) is 5.01 Å². The number of hydrogen-bond donors (Lipinski definition) is 2. The smallest absolute Gasteiger partial charge is 0.226 e. The van der Waals surface area contributed by atoms with Crippen LogP contribution < -0.4 is 11.1 Å². The van der Waals surface area contributed by atoms with Gasteiger partial charge in [-0.25, -0.2) is 0 Å². The molecule has 78 valence electrons. The van der Waals surface area contributed by atoms with Crippen molar-refractivity contribution in [2.24, 2.45) is 5.73 Å². The van der Waals surface area contributed by atoms with Gasteiger partial charge >= 0.3 is 0 Å². The van der Waals surface area contributed by atoms with Crippen molar-refractivity contribution in [1.29, 1.82) is 0 Å². The molecule has 0 radical (unpaired) electrons. The van der Waals surface area contributed by atoms with Crippen LogP contribution in [-0.4, -0.2) is 22.6 Å². The fraction of sp³-hybridized carbons (Fsp3) is 0.625. The second kappa shape index (κ2) is 5.66. The van der Waals surface area contributed by atoms with Crippen LogP contribution in [0.1, 0.15) is 24.8 Å². The normalized spacial score (nSPS) is 10.1. The van der Waals surface area contributed by atoms with E-state index in [2.05, 4.69) is 15.5 Å². The van der Waals surface area contributed by atoms with E-state index in [4.69, 9.17) is 5.73 Å². The first-order valence-corrected chi connectivity index (χ1v) is 5.40. The Labute approximate surface area is 86.7 Å². The van der Waals surface area contributed by atoms with Crippen LogP contribution in [0.15, 0.2) is 0 Å². The van der Waals surface area contributed by atoms with E-state index < -0.39 is 0 Å². The van der Waals surface area contributed by atoms with Crippen LogP contribution in [0, 0.1) is 0 Å². The lowest BCUT2D eigenvalue weighted by molar-refractivity contribution is -0.116. The van der Waals surface area contributed by atoms with Crippen LogP contribution in [-0.2, 0) is 11.2 Å². The predicted molar refractivity (Wildman–Crippen MR) is 56.2 cm³/mol. The maximum Gasteiger partial charge on any atom is 0.226 e. The third kappa shape index (κ3) is 3.39. The van der Waals surface area contributed by atoms with Crippen molar-refractivity contribution in [3.8, 4) is 0 Å². The van der Waals surface area contributed by atoms with Crippen LogP contribution in [0.4, 0.5) is 5.13 Å². The van der Waals surface area contributed by atoms with E-state index in [0.29, 0.717) is 24.5 Å². The summed E-state index contributed by atoms with van der Waals surface area (Å²) in [6.45, 7) is 2.53. The highest BCUT2D eigenvalue weighted by Gasteiger charge is 2.06. The highest BCUT2D eigenvalue weighted by Crippen LogP contribution is 2.15. The SMILES string of the molecule is CCc1nnc(NC(=O)CCCN)s1. The third-order valence-electron chi connectivity index (χ3n) is 1.62. The van der Waals surface area contributed by atoms with Crippen LogP contribution in [0.3, 0.4) is 0 Å². The molecule has 1 aromatic heterocycles. The summed E-state index contributed by atoms with van der Waals surface area (Å²) in [5.74, 6) is -0.0470. The number of aromatic nitrogens is 2. The first-order valence-electron chi connectivity index (χ1n) is 4.58. The lowest BCUT2D eigenvalue weighted by Gasteiger charge is -1.98. The molecule has 1 amide bonds. The van der Waals surface area contributed by atoms with Gasteiger partial charge in [0.25, 0.3) is 0 Å². The van der Waals surface area contributed by atoms with E-state index >= 15 is 0 Å². The van der Waals surface area contributed by atoms with Crippen molar-refractivity contribution in [2.75, 3.05) is 11.9 Å².